The molecule has 0 amide bonds. The van der Waals surface area contributed by atoms with Crippen molar-refractivity contribution in [2.45, 2.75) is 19.8 Å². The summed E-state index contributed by atoms with van der Waals surface area (Å²) in [5.74, 6) is -0.153. The monoisotopic (exact) mass is 271 g/mol. The standard InChI is InChI=1S/C12H14ClNO4/c1-2-18-12(15)10-5-3-7-11(14(16)17)9(10)6-4-8-13/h3,5,7H,2,4,6,8H2,1H3. The number of benzene rings is 1. The summed E-state index contributed by atoms with van der Waals surface area (Å²) in [6.07, 6.45) is 0.952. The van der Waals surface area contributed by atoms with Crippen LogP contribution in [0.15, 0.2) is 18.2 Å². The molecule has 18 heavy (non-hydrogen) atoms. The Labute approximate surface area is 110 Å². The molecule has 6 heteroatoms. The van der Waals surface area contributed by atoms with Crippen molar-refractivity contribution in [2.24, 2.45) is 0 Å². The van der Waals surface area contributed by atoms with Gasteiger partial charge in [-0.15, -0.1) is 11.6 Å². The van der Waals surface area contributed by atoms with Crippen molar-refractivity contribution in [3.8, 4) is 0 Å². The van der Waals surface area contributed by atoms with Gasteiger partial charge >= 0.3 is 5.97 Å². The van der Waals surface area contributed by atoms with Gasteiger partial charge in [0.25, 0.3) is 5.69 Å². The second-order valence-corrected chi connectivity index (χ2v) is 3.95. The first-order valence-electron chi connectivity index (χ1n) is 5.61. The zero-order valence-electron chi connectivity index (χ0n) is 10.0. The number of halogens is 1. The third kappa shape index (κ3) is 3.43. The van der Waals surface area contributed by atoms with E-state index in [4.69, 9.17) is 16.3 Å². The van der Waals surface area contributed by atoms with Crippen molar-refractivity contribution in [2.75, 3.05) is 12.5 Å². The average Bonchev–Trinajstić information content (AvgIpc) is 2.36. The fourth-order valence-corrected chi connectivity index (χ4v) is 1.79. The molecule has 0 spiro atoms. The lowest BCUT2D eigenvalue weighted by Gasteiger charge is -2.08. The van der Waals surface area contributed by atoms with Gasteiger partial charge in [-0.3, -0.25) is 10.1 Å². The number of esters is 1. The number of carbonyl (C=O) groups excluding carboxylic acids is 1. The van der Waals surface area contributed by atoms with E-state index in [2.05, 4.69) is 0 Å². The third-order valence-electron chi connectivity index (χ3n) is 2.40. The van der Waals surface area contributed by atoms with Crippen LogP contribution in [0, 0.1) is 10.1 Å². The first kappa shape index (κ1) is 14.4. The number of nitrogens with zero attached hydrogens (tertiary/aromatic N) is 1. The minimum Gasteiger partial charge on any atom is -0.462 e. The second kappa shape index (κ2) is 6.96. The van der Waals surface area contributed by atoms with E-state index < -0.39 is 10.9 Å². The Morgan fingerprint density at radius 3 is 2.78 bits per heavy atom. The van der Waals surface area contributed by atoms with Gasteiger partial charge in [0.2, 0.25) is 0 Å². The van der Waals surface area contributed by atoms with Gasteiger partial charge in [0.05, 0.1) is 17.1 Å². The number of alkyl halides is 1. The van der Waals surface area contributed by atoms with E-state index in [1.54, 1.807) is 6.92 Å². The molecule has 0 N–H and O–H groups in total. The predicted molar refractivity (Wildman–Crippen MR) is 68.1 cm³/mol. The summed E-state index contributed by atoms with van der Waals surface area (Å²) >= 11 is 5.59. The van der Waals surface area contributed by atoms with Crippen LogP contribution in [0.5, 0.6) is 0 Å². The van der Waals surface area contributed by atoms with Crippen LogP contribution in [0.2, 0.25) is 0 Å². The second-order valence-electron chi connectivity index (χ2n) is 3.57. The average molecular weight is 272 g/mol. The van der Waals surface area contributed by atoms with Crippen molar-refractivity contribution < 1.29 is 14.5 Å². The lowest BCUT2D eigenvalue weighted by Crippen LogP contribution is -2.10. The summed E-state index contributed by atoms with van der Waals surface area (Å²) in [5.41, 5.74) is 0.573. The Kier molecular flexibility index (Phi) is 5.58. The molecule has 0 bridgehead atoms. The molecule has 0 saturated heterocycles. The van der Waals surface area contributed by atoms with Crippen LogP contribution in [0.1, 0.15) is 29.3 Å². The third-order valence-corrected chi connectivity index (χ3v) is 2.67. The molecule has 0 aromatic heterocycles. The smallest absolute Gasteiger partial charge is 0.338 e. The molecule has 5 nitrogen and oxygen atoms in total. The van der Waals surface area contributed by atoms with Crippen LogP contribution in [0.4, 0.5) is 5.69 Å². The Morgan fingerprint density at radius 2 is 2.22 bits per heavy atom. The van der Waals surface area contributed by atoms with Crippen LogP contribution in [0.3, 0.4) is 0 Å². The SMILES string of the molecule is CCOC(=O)c1cccc([N+](=O)[O-])c1CCCCl. The summed E-state index contributed by atoms with van der Waals surface area (Å²) in [6.45, 7) is 1.92. The maximum absolute atomic E-state index is 11.7. The Hall–Kier alpha value is -1.62. The number of nitro groups is 1. The van der Waals surface area contributed by atoms with E-state index in [1.807, 2.05) is 0 Å². The lowest BCUT2D eigenvalue weighted by molar-refractivity contribution is -0.385. The van der Waals surface area contributed by atoms with Crippen molar-refractivity contribution in [3.63, 3.8) is 0 Å². The number of hydrogen-bond acceptors (Lipinski definition) is 4. The quantitative estimate of drug-likeness (QED) is 0.345. The van der Waals surface area contributed by atoms with Gasteiger partial charge in [-0.2, -0.15) is 0 Å². The lowest BCUT2D eigenvalue weighted by atomic mass is 10.0. The van der Waals surface area contributed by atoms with Gasteiger partial charge in [-0.25, -0.2) is 4.79 Å². The molecule has 0 aliphatic carbocycles. The Bertz CT molecular complexity index is 448. The molecular formula is C12H14ClNO4. The number of ether oxygens (including phenoxy) is 1. The number of carbonyl (C=O) groups is 1. The highest BCUT2D eigenvalue weighted by molar-refractivity contribution is 6.17. The van der Waals surface area contributed by atoms with Crippen LogP contribution in [-0.4, -0.2) is 23.4 Å². The first-order valence-corrected chi connectivity index (χ1v) is 6.14. The van der Waals surface area contributed by atoms with Gasteiger partial charge in [0.1, 0.15) is 0 Å². The summed E-state index contributed by atoms with van der Waals surface area (Å²) < 4.78 is 4.89. The maximum atomic E-state index is 11.7. The molecule has 1 rings (SSSR count). The van der Waals surface area contributed by atoms with Crippen LogP contribution >= 0.6 is 11.6 Å². The summed E-state index contributed by atoms with van der Waals surface area (Å²) in [5, 5.41) is 10.9. The van der Waals surface area contributed by atoms with Gasteiger partial charge in [-0.1, -0.05) is 6.07 Å². The van der Waals surface area contributed by atoms with Crippen molar-refractivity contribution in [3.05, 3.63) is 39.4 Å². The first-order chi connectivity index (χ1) is 8.61. The van der Waals surface area contributed by atoms with E-state index >= 15 is 0 Å². The molecule has 0 radical (unpaired) electrons. The van der Waals surface area contributed by atoms with Gasteiger partial charge in [-0.05, 0) is 25.8 Å². The van der Waals surface area contributed by atoms with Gasteiger partial charge in [0, 0.05) is 17.5 Å². The fraction of sp³-hybridized carbons (Fsp3) is 0.417. The van der Waals surface area contributed by atoms with Crippen LogP contribution < -0.4 is 0 Å². The van der Waals surface area contributed by atoms with Crippen LogP contribution in [-0.2, 0) is 11.2 Å². The molecule has 0 aliphatic rings. The molecule has 0 saturated carbocycles. The number of rotatable bonds is 6. The molecule has 0 atom stereocenters. The maximum Gasteiger partial charge on any atom is 0.338 e. The van der Waals surface area contributed by atoms with Gasteiger partial charge in [0.15, 0.2) is 0 Å². The number of nitro benzene ring substituents is 1. The van der Waals surface area contributed by atoms with E-state index in [0.29, 0.717) is 24.3 Å². The predicted octanol–water partition coefficient (Wildman–Crippen LogP) is 2.94. The zero-order chi connectivity index (χ0) is 13.5. The summed E-state index contributed by atoms with van der Waals surface area (Å²) in [7, 11) is 0. The van der Waals surface area contributed by atoms with Gasteiger partial charge < -0.3 is 4.74 Å². The van der Waals surface area contributed by atoms with E-state index in [9.17, 15) is 14.9 Å². The molecule has 0 fully saturated rings. The fourth-order valence-electron chi connectivity index (χ4n) is 1.65. The highest BCUT2D eigenvalue weighted by Gasteiger charge is 2.21. The highest BCUT2D eigenvalue weighted by atomic mass is 35.5. The topological polar surface area (TPSA) is 69.4 Å². The zero-order valence-corrected chi connectivity index (χ0v) is 10.8. The number of hydrogen-bond donors (Lipinski definition) is 0. The highest BCUT2D eigenvalue weighted by Crippen LogP contribution is 2.24. The molecule has 0 aliphatic heterocycles. The Morgan fingerprint density at radius 1 is 1.50 bits per heavy atom. The molecular weight excluding hydrogens is 258 g/mol. The molecule has 98 valence electrons. The molecule has 1 aromatic carbocycles. The normalized spacial score (nSPS) is 10.1. The minimum atomic E-state index is -0.536. The van der Waals surface area contributed by atoms with Crippen LogP contribution in [0.25, 0.3) is 0 Å². The summed E-state index contributed by atoms with van der Waals surface area (Å²) in [6, 6.07) is 4.40. The van der Waals surface area contributed by atoms with Crippen molar-refractivity contribution in [1.82, 2.24) is 0 Å². The van der Waals surface area contributed by atoms with E-state index in [0.717, 1.165) is 0 Å². The van der Waals surface area contributed by atoms with E-state index in [1.165, 1.54) is 18.2 Å². The molecule has 0 unspecified atom stereocenters. The Balaban J connectivity index is 3.18. The minimum absolute atomic E-state index is 0.0642. The summed E-state index contributed by atoms with van der Waals surface area (Å²) in [4.78, 5) is 22.2. The van der Waals surface area contributed by atoms with E-state index in [-0.39, 0.29) is 17.9 Å². The molecule has 0 heterocycles. The molecule has 1 aromatic rings. The van der Waals surface area contributed by atoms with Crippen molar-refractivity contribution >= 4 is 23.3 Å². The largest absolute Gasteiger partial charge is 0.462 e. The van der Waals surface area contributed by atoms with Crippen molar-refractivity contribution in [1.29, 1.82) is 0 Å².